The Kier molecular flexibility index (Phi) is 2.97. The second kappa shape index (κ2) is 4.41. The predicted octanol–water partition coefficient (Wildman–Crippen LogP) is 2.45. The Morgan fingerprint density at radius 2 is 2.19 bits per heavy atom. The van der Waals surface area contributed by atoms with Crippen molar-refractivity contribution >= 4 is 16.6 Å². The van der Waals surface area contributed by atoms with Gasteiger partial charge >= 0.3 is 0 Å². The van der Waals surface area contributed by atoms with Crippen LogP contribution in [0.5, 0.6) is 0 Å². The molecule has 0 fully saturated rings. The fourth-order valence-corrected chi connectivity index (χ4v) is 1.66. The number of Topliss-reactive ketones (excluding diaryl/α,β-unsaturated/α-hetero) is 1. The fraction of sp³-hybridized carbons (Fsp3) is 0.231. The van der Waals surface area contributed by atoms with Crippen molar-refractivity contribution in [3.63, 3.8) is 0 Å². The van der Waals surface area contributed by atoms with E-state index in [-0.39, 0.29) is 5.78 Å². The van der Waals surface area contributed by atoms with Gasteiger partial charge in [-0.1, -0.05) is 18.2 Å². The van der Waals surface area contributed by atoms with Crippen LogP contribution in [0.2, 0.25) is 0 Å². The summed E-state index contributed by atoms with van der Waals surface area (Å²) in [6, 6.07) is 7.47. The van der Waals surface area contributed by atoms with Gasteiger partial charge in [0.15, 0.2) is 5.78 Å². The number of carbonyl (C=O) groups is 1. The number of methoxy groups -OCH3 is 1. The molecule has 1 heterocycles. The summed E-state index contributed by atoms with van der Waals surface area (Å²) < 4.78 is 5.05. The minimum Gasteiger partial charge on any atom is -0.374 e. The maximum Gasteiger partial charge on any atom is 0.191 e. The first-order chi connectivity index (χ1) is 7.74. The van der Waals surface area contributed by atoms with Crippen LogP contribution >= 0.6 is 0 Å². The van der Waals surface area contributed by atoms with Gasteiger partial charge in [-0.05, 0) is 18.4 Å². The quantitative estimate of drug-likeness (QED) is 0.738. The van der Waals surface area contributed by atoms with Crippen LogP contribution in [0.4, 0.5) is 0 Å². The topological polar surface area (TPSA) is 39.2 Å². The number of hydrogen-bond donors (Lipinski definition) is 0. The van der Waals surface area contributed by atoms with E-state index >= 15 is 0 Å². The number of ketones is 1. The minimum atomic E-state index is -0.418. The van der Waals surface area contributed by atoms with E-state index in [0.717, 1.165) is 10.8 Å². The molecule has 1 aromatic heterocycles. The molecule has 0 saturated carbocycles. The number of pyridine rings is 1. The monoisotopic (exact) mass is 215 g/mol. The van der Waals surface area contributed by atoms with Gasteiger partial charge in [0, 0.05) is 30.5 Å². The lowest BCUT2D eigenvalue weighted by Gasteiger charge is -2.10. The second-order valence-corrected chi connectivity index (χ2v) is 3.64. The van der Waals surface area contributed by atoms with Gasteiger partial charge in [0.05, 0.1) is 0 Å². The van der Waals surface area contributed by atoms with Crippen LogP contribution in [0.1, 0.15) is 17.3 Å². The summed E-state index contributed by atoms with van der Waals surface area (Å²) in [6.45, 7) is 1.75. The number of carbonyl (C=O) groups excluding carboxylic acids is 1. The summed E-state index contributed by atoms with van der Waals surface area (Å²) in [6.07, 6.45) is 3.03. The minimum absolute atomic E-state index is 0.000648. The highest BCUT2D eigenvalue weighted by Gasteiger charge is 2.16. The molecule has 16 heavy (non-hydrogen) atoms. The summed E-state index contributed by atoms with van der Waals surface area (Å²) in [5.74, 6) is -0.000648. The number of fused-ring (bicyclic) bond motifs is 1. The largest absolute Gasteiger partial charge is 0.374 e. The highest BCUT2D eigenvalue weighted by atomic mass is 16.5. The van der Waals surface area contributed by atoms with Crippen molar-refractivity contribution in [2.75, 3.05) is 7.11 Å². The molecule has 2 aromatic rings. The molecule has 3 heteroatoms. The first-order valence-corrected chi connectivity index (χ1v) is 5.14. The lowest BCUT2D eigenvalue weighted by molar-refractivity contribution is 0.0657. The third kappa shape index (κ3) is 1.82. The van der Waals surface area contributed by atoms with Crippen molar-refractivity contribution < 1.29 is 9.53 Å². The molecule has 0 radical (unpaired) electrons. The van der Waals surface area contributed by atoms with Crippen molar-refractivity contribution in [1.82, 2.24) is 4.98 Å². The third-order valence-electron chi connectivity index (χ3n) is 2.67. The molecule has 82 valence electrons. The Balaban J connectivity index is 2.56. The Morgan fingerprint density at radius 3 is 2.94 bits per heavy atom. The summed E-state index contributed by atoms with van der Waals surface area (Å²) in [4.78, 5) is 16.1. The molecule has 0 N–H and O–H groups in total. The van der Waals surface area contributed by atoms with E-state index in [1.807, 2.05) is 24.3 Å². The van der Waals surface area contributed by atoms with Gasteiger partial charge in [-0.3, -0.25) is 9.78 Å². The average molecular weight is 215 g/mol. The van der Waals surface area contributed by atoms with Crippen LogP contribution in [-0.4, -0.2) is 24.0 Å². The predicted molar refractivity (Wildman–Crippen MR) is 62.5 cm³/mol. The van der Waals surface area contributed by atoms with E-state index < -0.39 is 6.10 Å². The Labute approximate surface area is 94.1 Å². The molecule has 0 amide bonds. The number of aromatic nitrogens is 1. The van der Waals surface area contributed by atoms with Gasteiger partial charge in [-0.15, -0.1) is 0 Å². The summed E-state index contributed by atoms with van der Waals surface area (Å²) in [7, 11) is 1.54. The molecule has 0 aliphatic heterocycles. The van der Waals surface area contributed by atoms with Gasteiger partial charge < -0.3 is 4.74 Å². The molecule has 1 unspecified atom stereocenters. The highest BCUT2D eigenvalue weighted by molar-refractivity contribution is 6.09. The smallest absolute Gasteiger partial charge is 0.191 e. The van der Waals surface area contributed by atoms with E-state index in [1.54, 1.807) is 19.3 Å². The Morgan fingerprint density at radius 1 is 1.38 bits per heavy atom. The van der Waals surface area contributed by atoms with Gasteiger partial charge in [0.2, 0.25) is 0 Å². The van der Waals surface area contributed by atoms with Crippen LogP contribution in [0.15, 0.2) is 36.7 Å². The van der Waals surface area contributed by atoms with Crippen LogP contribution in [0.25, 0.3) is 10.8 Å². The zero-order valence-electron chi connectivity index (χ0n) is 9.31. The first-order valence-electron chi connectivity index (χ1n) is 5.14. The van der Waals surface area contributed by atoms with E-state index in [0.29, 0.717) is 5.56 Å². The molecule has 0 bridgehead atoms. The summed E-state index contributed by atoms with van der Waals surface area (Å²) in [5.41, 5.74) is 0.689. The Bertz CT molecular complexity index is 517. The number of nitrogens with zero attached hydrogens (tertiary/aromatic N) is 1. The molecule has 0 spiro atoms. The molecular formula is C13H13NO2. The normalized spacial score (nSPS) is 12.6. The number of rotatable bonds is 3. The van der Waals surface area contributed by atoms with E-state index in [9.17, 15) is 4.79 Å². The molecule has 0 saturated heterocycles. The Hall–Kier alpha value is -1.74. The van der Waals surface area contributed by atoms with Crippen molar-refractivity contribution in [3.05, 3.63) is 42.2 Å². The second-order valence-electron chi connectivity index (χ2n) is 3.64. The zero-order valence-corrected chi connectivity index (χ0v) is 9.31. The SMILES string of the molecule is COC(C)C(=O)c1cccc2cnccc12. The van der Waals surface area contributed by atoms with Crippen LogP contribution in [0, 0.1) is 0 Å². The lowest BCUT2D eigenvalue weighted by atomic mass is 10.0. The maximum atomic E-state index is 12.0. The summed E-state index contributed by atoms with van der Waals surface area (Å²) in [5, 5.41) is 1.89. The standard InChI is InChI=1S/C13H13NO2/c1-9(16-2)13(15)12-5-3-4-10-8-14-7-6-11(10)12/h3-9H,1-2H3. The number of benzene rings is 1. The molecule has 0 aliphatic carbocycles. The first kappa shape index (κ1) is 10.8. The molecule has 1 aromatic carbocycles. The van der Waals surface area contributed by atoms with Gasteiger partial charge in [-0.2, -0.15) is 0 Å². The molecule has 2 rings (SSSR count). The molecule has 1 atom stereocenters. The molecule has 0 aliphatic rings. The summed E-state index contributed by atoms with van der Waals surface area (Å²) >= 11 is 0. The molecule has 3 nitrogen and oxygen atoms in total. The zero-order chi connectivity index (χ0) is 11.5. The van der Waals surface area contributed by atoms with Crippen molar-refractivity contribution in [2.24, 2.45) is 0 Å². The van der Waals surface area contributed by atoms with Crippen LogP contribution in [0.3, 0.4) is 0 Å². The van der Waals surface area contributed by atoms with Crippen LogP contribution in [-0.2, 0) is 4.74 Å². The van der Waals surface area contributed by atoms with Gasteiger partial charge in [-0.25, -0.2) is 0 Å². The van der Waals surface area contributed by atoms with E-state index in [1.165, 1.54) is 7.11 Å². The van der Waals surface area contributed by atoms with E-state index in [2.05, 4.69) is 4.98 Å². The fourth-order valence-electron chi connectivity index (χ4n) is 1.66. The number of hydrogen-bond acceptors (Lipinski definition) is 3. The maximum absolute atomic E-state index is 12.0. The van der Waals surface area contributed by atoms with Crippen LogP contribution < -0.4 is 0 Å². The van der Waals surface area contributed by atoms with Gasteiger partial charge in [0.25, 0.3) is 0 Å². The lowest BCUT2D eigenvalue weighted by Crippen LogP contribution is -2.19. The van der Waals surface area contributed by atoms with E-state index in [4.69, 9.17) is 4.74 Å². The van der Waals surface area contributed by atoms with Crippen molar-refractivity contribution in [3.8, 4) is 0 Å². The van der Waals surface area contributed by atoms with Crippen molar-refractivity contribution in [1.29, 1.82) is 0 Å². The average Bonchev–Trinajstić information content (AvgIpc) is 2.36. The molecular weight excluding hydrogens is 202 g/mol. The third-order valence-corrected chi connectivity index (χ3v) is 2.67. The van der Waals surface area contributed by atoms with Crippen molar-refractivity contribution in [2.45, 2.75) is 13.0 Å². The number of ether oxygens (including phenoxy) is 1. The van der Waals surface area contributed by atoms with Gasteiger partial charge in [0.1, 0.15) is 6.10 Å². The highest BCUT2D eigenvalue weighted by Crippen LogP contribution is 2.19.